The molecule has 0 saturated heterocycles. The lowest BCUT2D eigenvalue weighted by Gasteiger charge is -2.08. The Bertz CT molecular complexity index is 1690. The second kappa shape index (κ2) is 8.75. The topological polar surface area (TPSA) is 122 Å². The second-order valence-corrected chi connectivity index (χ2v) is 7.45. The number of hydrogen-bond donors (Lipinski definition) is 0. The van der Waals surface area contributed by atoms with Crippen LogP contribution in [0.15, 0.2) is 81.0 Å². The fourth-order valence-corrected chi connectivity index (χ4v) is 3.84. The van der Waals surface area contributed by atoms with Crippen LogP contribution in [0, 0.1) is 10.1 Å². The number of furan rings is 1. The molecule has 0 aliphatic carbocycles. The molecule has 2 heterocycles. The molecule has 0 atom stereocenters. The van der Waals surface area contributed by atoms with Gasteiger partial charge in [-0.1, -0.05) is 24.3 Å². The summed E-state index contributed by atoms with van der Waals surface area (Å²) in [6.07, 6.45) is 1.32. The first-order chi connectivity index (χ1) is 17.0. The van der Waals surface area contributed by atoms with Crippen molar-refractivity contribution in [1.82, 2.24) is 9.66 Å². The van der Waals surface area contributed by atoms with E-state index in [0.717, 1.165) is 4.68 Å². The molecule has 10 heteroatoms. The Hall–Kier alpha value is -4.99. The molecule has 174 valence electrons. The van der Waals surface area contributed by atoms with Crippen molar-refractivity contribution < 1.29 is 18.8 Å². The number of methoxy groups -OCH3 is 2. The number of rotatable bonds is 6. The molecule has 0 saturated carbocycles. The van der Waals surface area contributed by atoms with Gasteiger partial charge in [-0.05, 0) is 36.4 Å². The van der Waals surface area contributed by atoms with Gasteiger partial charge in [-0.3, -0.25) is 14.9 Å². The standard InChI is InChI=1S/C25H18N4O6/c1-33-20-11-6-12-21-17(20)13-22(35-21)24-27-18-9-4-3-8-16(18)25(30)28(24)26-14-15-7-5-10-19(29(31)32)23(15)34-2/h3-14H,1-2H3. The highest BCUT2D eigenvalue weighted by molar-refractivity contribution is 5.89. The minimum Gasteiger partial charge on any atom is -0.496 e. The first-order valence-electron chi connectivity index (χ1n) is 10.5. The first kappa shape index (κ1) is 21.8. The van der Waals surface area contributed by atoms with E-state index in [0.29, 0.717) is 38.9 Å². The number of nitro benzene ring substituents is 1. The van der Waals surface area contributed by atoms with Crippen molar-refractivity contribution in [2.75, 3.05) is 14.2 Å². The average molecular weight is 470 g/mol. The Morgan fingerprint density at radius 1 is 1.03 bits per heavy atom. The fourth-order valence-electron chi connectivity index (χ4n) is 3.84. The van der Waals surface area contributed by atoms with Crippen molar-refractivity contribution >= 4 is 33.8 Å². The third kappa shape index (κ3) is 3.76. The Kier molecular flexibility index (Phi) is 5.46. The summed E-state index contributed by atoms with van der Waals surface area (Å²) in [6, 6.07) is 18.4. The predicted molar refractivity (Wildman–Crippen MR) is 130 cm³/mol. The minimum absolute atomic E-state index is 0.0260. The molecule has 35 heavy (non-hydrogen) atoms. The first-order valence-corrected chi connectivity index (χ1v) is 10.5. The number of nitro groups is 1. The van der Waals surface area contributed by atoms with E-state index in [9.17, 15) is 14.9 Å². The smallest absolute Gasteiger partial charge is 0.311 e. The van der Waals surface area contributed by atoms with E-state index in [1.54, 1.807) is 61.7 Å². The molecule has 0 fully saturated rings. The van der Waals surface area contributed by atoms with Crippen molar-refractivity contribution in [2.24, 2.45) is 5.10 Å². The summed E-state index contributed by atoms with van der Waals surface area (Å²) in [4.78, 5) is 28.9. The van der Waals surface area contributed by atoms with Gasteiger partial charge in [0.05, 0.1) is 41.6 Å². The molecule has 0 aliphatic rings. The number of aromatic nitrogens is 2. The number of hydrogen-bond acceptors (Lipinski definition) is 8. The van der Waals surface area contributed by atoms with E-state index in [-0.39, 0.29) is 17.3 Å². The van der Waals surface area contributed by atoms with Crippen molar-refractivity contribution in [3.8, 4) is 23.1 Å². The van der Waals surface area contributed by atoms with Crippen LogP contribution in [-0.2, 0) is 0 Å². The fraction of sp³-hybridized carbons (Fsp3) is 0.0800. The van der Waals surface area contributed by atoms with Crippen LogP contribution in [0.3, 0.4) is 0 Å². The molecule has 2 aromatic heterocycles. The molecule has 5 aromatic rings. The van der Waals surface area contributed by atoms with Crippen LogP contribution >= 0.6 is 0 Å². The zero-order chi connectivity index (χ0) is 24.5. The average Bonchev–Trinajstić information content (AvgIpc) is 3.32. The molecule has 0 unspecified atom stereocenters. The third-order valence-corrected chi connectivity index (χ3v) is 5.45. The van der Waals surface area contributed by atoms with Gasteiger partial charge in [0.25, 0.3) is 5.56 Å². The second-order valence-electron chi connectivity index (χ2n) is 7.45. The largest absolute Gasteiger partial charge is 0.496 e. The van der Waals surface area contributed by atoms with Crippen molar-refractivity contribution in [3.63, 3.8) is 0 Å². The van der Waals surface area contributed by atoms with Gasteiger partial charge in [-0.25, -0.2) is 4.98 Å². The van der Waals surface area contributed by atoms with Gasteiger partial charge in [0.15, 0.2) is 5.76 Å². The van der Waals surface area contributed by atoms with E-state index < -0.39 is 10.5 Å². The summed E-state index contributed by atoms with van der Waals surface area (Å²) in [6.45, 7) is 0. The van der Waals surface area contributed by atoms with Crippen LogP contribution < -0.4 is 15.0 Å². The number of fused-ring (bicyclic) bond motifs is 2. The van der Waals surface area contributed by atoms with Crippen molar-refractivity contribution in [2.45, 2.75) is 0 Å². The van der Waals surface area contributed by atoms with Crippen LogP contribution in [-0.4, -0.2) is 35.0 Å². The third-order valence-electron chi connectivity index (χ3n) is 5.45. The van der Waals surface area contributed by atoms with Crippen molar-refractivity contribution in [3.05, 3.63) is 92.8 Å². The van der Waals surface area contributed by atoms with E-state index >= 15 is 0 Å². The van der Waals surface area contributed by atoms with Gasteiger partial charge in [0, 0.05) is 11.6 Å². The SMILES string of the molecule is COc1c(C=Nn2c(-c3cc4c(OC)cccc4o3)nc3ccccc3c2=O)cccc1[N+](=O)[O-]. The highest BCUT2D eigenvalue weighted by atomic mass is 16.6. The quantitative estimate of drug-likeness (QED) is 0.202. The van der Waals surface area contributed by atoms with E-state index in [1.807, 2.05) is 0 Å². The molecule has 3 aromatic carbocycles. The lowest BCUT2D eigenvalue weighted by atomic mass is 10.2. The Morgan fingerprint density at radius 2 is 1.83 bits per heavy atom. The summed E-state index contributed by atoms with van der Waals surface area (Å²) in [7, 11) is 2.89. The van der Waals surface area contributed by atoms with Gasteiger partial charge < -0.3 is 13.9 Å². The van der Waals surface area contributed by atoms with Gasteiger partial charge >= 0.3 is 5.69 Å². The normalized spacial score (nSPS) is 11.4. The van der Waals surface area contributed by atoms with Gasteiger partial charge in [0.1, 0.15) is 11.3 Å². The number of nitrogens with zero attached hydrogens (tertiary/aromatic N) is 4. The van der Waals surface area contributed by atoms with Crippen molar-refractivity contribution in [1.29, 1.82) is 0 Å². The summed E-state index contributed by atoms with van der Waals surface area (Å²) >= 11 is 0. The molecular formula is C25H18N4O6. The summed E-state index contributed by atoms with van der Waals surface area (Å²) in [5.41, 5.74) is 0.694. The highest BCUT2D eigenvalue weighted by Crippen LogP contribution is 2.33. The zero-order valence-corrected chi connectivity index (χ0v) is 18.7. The van der Waals surface area contributed by atoms with Crippen LogP contribution in [0.25, 0.3) is 33.5 Å². The summed E-state index contributed by atoms with van der Waals surface area (Å²) in [5.74, 6) is 1.10. The maximum absolute atomic E-state index is 13.4. The minimum atomic E-state index is -0.548. The lowest BCUT2D eigenvalue weighted by molar-refractivity contribution is -0.385. The maximum atomic E-state index is 13.4. The monoisotopic (exact) mass is 470 g/mol. The van der Waals surface area contributed by atoms with Gasteiger partial charge in [0.2, 0.25) is 11.6 Å². The molecule has 0 radical (unpaired) electrons. The van der Waals surface area contributed by atoms with E-state index in [4.69, 9.17) is 13.9 Å². The Labute approximate surface area is 197 Å². The molecule has 0 aliphatic heterocycles. The molecule has 0 bridgehead atoms. The van der Waals surface area contributed by atoms with Gasteiger partial charge in [-0.2, -0.15) is 9.78 Å². The molecule has 5 rings (SSSR count). The van der Waals surface area contributed by atoms with E-state index in [2.05, 4.69) is 10.1 Å². The molecule has 0 spiro atoms. The molecule has 10 nitrogen and oxygen atoms in total. The number of benzene rings is 3. The predicted octanol–water partition coefficient (Wildman–Crippen LogP) is 4.62. The molecule has 0 N–H and O–H groups in total. The van der Waals surface area contributed by atoms with Crippen LogP contribution in [0.5, 0.6) is 11.5 Å². The van der Waals surface area contributed by atoms with Gasteiger partial charge in [-0.15, -0.1) is 0 Å². The highest BCUT2D eigenvalue weighted by Gasteiger charge is 2.20. The Morgan fingerprint density at radius 3 is 2.60 bits per heavy atom. The van der Waals surface area contributed by atoms with E-state index in [1.165, 1.54) is 25.5 Å². The lowest BCUT2D eigenvalue weighted by Crippen LogP contribution is -2.20. The van der Waals surface area contributed by atoms with Crippen LogP contribution in [0.1, 0.15) is 5.56 Å². The molecular weight excluding hydrogens is 452 g/mol. The Balaban J connectivity index is 1.74. The maximum Gasteiger partial charge on any atom is 0.311 e. The molecule has 0 amide bonds. The van der Waals surface area contributed by atoms with Crippen LogP contribution in [0.2, 0.25) is 0 Å². The van der Waals surface area contributed by atoms with Crippen LogP contribution in [0.4, 0.5) is 5.69 Å². The number of para-hydroxylation sites is 2. The number of ether oxygens (including phenoxy) is 2. The summed E-state index contributed by atoms with van der Waals surface area (Å²) in [5, 5.41) is 16.8. The summed E-state index contributed by atoms with van der Waals surface area (Å²) < 4.78 is 17.8. The zero-order valence-electron chi connectivity index (χ0n) is 18.7.